The Kier molecular flexibility index (Phi) is 9.19. The van der Waals surface area contributed by atoms with Gasteiger partial charge >= 0.3 is 12.1 Å². The van der Waals surface area contributed by atoms with Crippen molar-refractivity contribution in [1.29, 1.82) is 0 Å². The van der Waals surface area contributed by atoms with E-state index in [9.17, 15) is 34.4 Å². The zero-order valence-electron chi connectivity index (χ0n) is 23.2. The number of rotatable bonds is 9. The van der Waals surface area contributed by atoms with E-state index in [0.717, 1.165) is 28.0 Å². The Hall–Kier alpha value is -4.71. The largest absolute Gasteiger partial charge is 0.509 e. The molecule has 4 rings (SSSR count). The van der Waals surface area contributed by atoms with Gasteiger partial charge in [-0.15, -0.1) is 23.1 Å². The highest BCUT2D eigenvalue weighted by molar-refractivity contribution is 8.00. The number of anilines is 1. The number of nitro benzene ring substituents is 1. The Labute approximate surface area is 252 Å². The van der Waals surface area contributed by atoms with Crippen LogP contribution in [0.5, 0.6) is 0 Å². The van der Waals surface area contributed by atoms with Gasteiger partial charge in [-0.25, -0.2) is 14.6 Å². The van der Waals surface area contributed by atoms with Gasteiger partial charge in [0.05, 0.1) is 10.7 Å². The summed E-state index contributed by atoms with van der Waals surface area (Å²) in [5.74, 6) is -2.87. The summed E-state index contributed by atoms with van der Waals surface area (Å²) in [6.07, 6.45) is -0.740. The van der Waals surface area contributed by atoms with Crippen molar-refractivity contribution < 1.29 is 43.5 Å². The third-order valence-electron chi connectivity index (χ3n) is 5.70. The number of esters is 1. The minimum absolute atomic E-state index is 0.0341. The number of amides is 3. The van der Waals surface area contributed by atoms with Gasteiger partial charge in [-0.05, 0) is 38.5 Å². The lowest BCUT2D eigenvalue weighted by Crippen LogP contribution is -2.71. The Morgan fingerprint density at radius 2 is 1.95 bits per heavy atom. The Balaban J connectivity index is 1.40. The maximum atomic E-state index is 13.1. The summed E-state index contributed by atoms with van der Waals surface area (Å²) in [6.45, 7) is 4.84. The van der Waals surface area contributed by atoms with Crippen molar-refractivity contribution in [2.45, 2.75) is 44.4 Å². The average Bonchev–Trinajstić information content (AvgIpc) is 3.39. The molecule has 2 atom stereocenters. The Morgan fingerprint density at radius 1 is 1.26 bits per heavy atom. The molecule has 0 spiro atoms. The number of aliphatic hydroxyl groups is 1. The normalized spacial score (nSPS) is 18.3. The average molecular weight is 635 g/mol. The van der Waals surface area contributed by atoms with Crippen molar-refractivity contribution in [1.82, 2.24) is 15.2 Å². The summed E-state index contributed by atoms with van der Waals surface area (Å²) >= 11 is 2.12. The van der Waals surface area contributed by atoms with Gasteiger partial charge < -0.3 is 24.7 Å². The van der Waals surface area contributed by atoms with E-state index in [-0.39, 0.29) is 46.0 Å². The lowest BCUT2D eigenvalue weighted by atomic mass is 10.0. The number of β-lactam (4-membered cyclic amide) rings is 1. The van der Waals surface area contributed by atoms with E-state index < -0.39 is 45.8 Å². The van der Waals surface area contributed by atoms with E-state index in [2.05, 4.69) is 20.8 Å². The molecule has 18 heteroatoms. The highest BCUT2D eigenvalue weighted by atomic mass is 32.2. The molecule has 0 saturated carbocycles. The van der Waals surface area contributed by atoms with Crippen LogP contribution in [0, 0.1) is 10.1 Å². The fourth-order valence-electron chi connectivity index (χ4n) is 3.86. The number of aromatic nitrogens is 1. The minimum atomic E-state index is -1.08. The number of hydrogen-bond acceptors (Lipinski definition) is 14. The van der Waals surface area contributed by atoms with E-state index in [0.29, 0.717) is 5.56 Å². The second kappa shape index (κ2) is 12.7. The number of oxime groups is 1. The fourth-order valence-corrected chi connectivity index (χ4v) is 5.74. The third-order valence-corrected chi connectivity index (χ3v) is 7.72. The van der Waals surface area contributed by atoms with Crippen molar-refractivity contribution in [2.24, 2.45) is 5.16 Å². The standard InChI is InChI=1S/C25H26N6O10S2/c1-25(2,3)41-24(36)28-23-26-14(10-43-23)16(29-39-4)19(33)27-17-20(34)30-18(15(32)11-42-21(17)30)22(35)40-9-12-5-7-13(8-6-12)31(37)38/h5-8,10,17,21,32H,9,11H2,1-4H3,(H,27,33)(H,26,28,36)/b29-16+/t17-,21-/m1/s1. The first-order valence-corrected chi connectivity index (χ1v) is 14.4. The number of thioether (sulfide) groups is 1. The lowest BCUT2D eigenvalue weighted by molar-refractivity contribution is -0.384. The summed E-state index contributed by atoms with van der Waals surface area (Å²) in [4.78, 5) is 71.3. The molecule has 228 valence electrons. The molecule has 1 aromatic heterocycles. The number of carbonyl (C=O) groups excluding carboxylic acids is 4. The highest BCUT2D eigenvalue weighted by Gasteiger charge is 2.55. The van der Waals surface area contributed by atoms with Crippen LogP contribution in [0.1, 0.15) is 32.0 Å². The van der Waals surface area contributed by atoms with E-state index in [4.69, 9.17) is 14.3 Å². The van der Waals surface area contributed by atoms with E-state index in [1.165, 1.54) is 36.8 Å². The summed E-state index contributed by atoms with van der Waals surface area (Å²) in [7, 11) is 1.22. The molecule has 1 fully saturated rings. The number of non-ortho nitro benzene ring substituents is 1. The van der Waals surface area contributed by atoms with Gasteiger partial charge in [0.1, 0.15) is 42.2 Å². The number of nitrogens with one attached hydrogen (secondary N) is 2. The van der Waals surface area contributed by atoms with E-state index >= 15 is 0 Å². The first kappa shape index (κ1) is 31.2. The molecule has 0 bridgehead atoms. The molecule has 3 amide bonds. The van der Waals surface area contributed by atoms with Crippen molar-refractivity contribution >= 4 is 63.5 Å². The van der Waals surface area contributed by atoms with Crippen LogP contribution in [0.25, 0.3) is 0 Å². The lowest BCUT2D eigenvalue weighted by Gasteiger charge is -2.48. The molecule has 3 heterocycles. The summed E-state index contributed by atoms with van der Waals surface area (Å²) in [6, 6.07) is 4.26. The molecule has 16 nitrogen and oxygen atoms in total. The highest BCUT2D eigenvalue weighted by Crippen LogP contribution is 2.40. The number of thiazole rings is 1. The van der Waals surface area contributed by atoms with Crippen LogP contribution in [-0.2, 0) is 35.3 Å². The Morgan fingerprint density at radius 3 is 2.58 bits per heavy atom. The molecular formula is C25H26N6O10S2. The monoisotopic (exact) mass is 634 g/mol. The van der Waals surface area contributed by atoms with Crippen LogP contribution < -0.4 is 10.6 Å². The molecular weight excluding hydrogens is 608 g/mol. The van der Waals surface area contributed by atoms with Crippen LogP contribution in [-0.4, -0.2) is 79.4 Å². The smallest absolute Gasteiger partial charge is 0.413 e. The van der Waals surface area contributed by atoms with Crippen LogP contribution in [0.4, 0.5) is 15.6 Å². The quantitative estimate of drug-likeness (QED) is 0.119. The molecule has 2 aliphatic rings. The van der Waals surface area contributed by atoms with Crippen LogP contribution >= 0.6 is 23.1 Å². The predicted octanol–water partition coefficient (Wildman–Crippen LogP) is 2.66. The zero-order chi connectivity index (χ0) is 31.5. The molecule has 43 heavy (non-hydrogen) atoms. The number of fused-ring (bicyclic) bond motifs is 1. The SMILES string of the molecule is CO/N=C(/C(=O)N[C@@H]1C(=O)N2C(C(=O)OCc3ccc([N+](=O)[O-])cc3)=C(O)CS[C@H]12)c1csc(NC(=O)OC(C)(C)C)n1. The first-order valence-electron chi connectivity index (χ1n) is 12.4. The first-order chi connectivity index (χ1) is 20.3. The molecule has 1 saturated heterocycles. The maximum absolute atomic E-state index is 13.1. The number of aliphatic hydroxyl groups excluding tert-OH is 1. The second-order valence-corrected chi connectivity index (χ2v) is 11.9. The van der Waals surface area contributed by atoms with Gasteiger partial charge in [-0.2, -0.15) is 0 Å². The minimum Gasteiger partial charge on any atom is -0.509 e. The summed E-state index contributed by atoms with van der Waals surface area (Å²) in [5, 5.41) is 30.8. The molecule has 0 aliphatic carbocycles. The number of ether oxygens (including phenoxy) is 2. The zero-order valence-corrected chi connectivity index (χ0v) is 24.8. The van der Waals surface area contributed by atoms with Gasteiger partial charge in [0.25, 0.3) is 17.5 Å². The molecule has 0 radical (unpaired) electrons. The Bertz CT molecular complexity index is 1510. The second-order valence-electron chi connectivity index (χ2n) is 9.94. The van der Waals surface area contributed by atoms with Gasteiger partial charge in [-0.1, -0.05) is 5.16 Å². The van der Waals surface area contributed by atoms with E-state index in [1.54, 1.807) is 20.8 Å². The van der Waals surface area contributed by atoms with Gasteiger partial charge in [0, 0.05) is 17.5 Å². The fraction of sp³-hybridized carbons (Fsp3) is 0.360. The molecule has 2 aromatic rings. The van der Waals surface area contributed by atoms with Crippen molar-refractivity contribution in [3.63, 3.8) is 0 Å². The van der Waals surface area contributed by atoms with Gasteiger partial charge in [0.2, 0.25) is 0 Å². The van der Waals surface area contributed by atoms with Crippen LogP contribution in [0.3, 0.4) is 0 Å². The predicted molar refractivity (Wildman–Crippen MR) is 153 cm³/mol. The van der Waals surface area contributed by atoms with Gasteiger partial charge in [-0.3, -0.25) is 29.9 Å². The van der Waals surface area contributed by atoms with Crippen LogP contribution in [0.15, 0.2) is 46.3 Å². The molecule has 3 N–H and O–H groups in total. The molecule has 0 unspecified atom stereocenters. The van der Waals surface area contributed by atoms with Crippen molar-refractivity contribution in [2.75, 3.05) is 18.2 Å². The summed E-state index contributed by atoms with van der Waals surface area (Å²) in [5.41, 5.74) is -0.981. The van der Waals surface area contributed by atoms with Crippen LogP contribution in [0.2, 0.25) is 0 Å². The van der Waals surface area contributed by atoms with Crippen molar-refractivity contribution in [3.8, 4) is 0 Å². The number of nitro groups is 1. The maximum Gasteiger partial charge on any atom is 0.413 e. The third kappa shape index (κ3) is 7.20. The number of hydrogen-bond donors (Lipinski definition) is 3. The number of benzene rings is 1. The number of carbonyl (C=O) groups is 4. The van der Waals surface area contributed by atoms with Gasteiger partial charge in [0.15, 0.2) is 16.5 Å². The van der Waals surface area contributed by atoms with Crippen molar-refractivity contribution in [3.05, 3.63) is 62.5 Å². The topological polar surface area (TPSA) is 212 Å². The molecule has 1 aromatic carbocycles. The van der Waals surface area contributed by atoms with E-state index in [1.807, 2.05) is 0 Å². The molecule has 2 aliphatic heterocycles. The summed E-state index contributed by atoms with van der Waals surface area (Å²) < 4.78 is 10.4. The number of nitrogens with zero attached hydrogens (tertiary/aromatic N) is 4.